The van der Waals surface area contributed by atoms with Gasteiger partial charge in [0.05, 0.1) is 29.2 Å². The molecule has 1 aromatic rings. The number of aliphatic hydroxyl groups excluding tert-OH is 1. The monoisotopic (exact) mass is 500 g/mol. The van der Waals surface area contributed by atoms with Gasteiger partial charge in [0.2, 0.25) is 11.8 Å². The van der Waals surface area contributed by atoms with E-state index in [-0.39, 0.29) is 18.4 Å². The zero-order chi connectivity index (χ0) is 25.4. The quantitative estimate of drug-likeness (QED) is 0.454. The first kappa shape index (κ1) is 25.8. The molecular formula is C27H36N2O5S. The van der Waals surface area contributed by atoms with E-state index in [0.717, 1.165) is 18.4 Å². The second-order valence-electron chi connectivity index (χ2n) is 10.3. The summed E-state index contributed by atoms with van der Waals surface area (Å²) in [7, 11) is 0. The molecule has 7 nitrogen and oxygen atoms in total. The Morgan fingerprint density at radius 1 is 1.31 bits per heavy atom. The zero-order valence-corrected chi connectivity index (χ0v) is 21.4. The predicted octanol–water partition coefficient (Wildman–Crippen LogP) is 2.97. The van der Waals surface area contributed by atoms with Crippen molar-refractivity contribution in [2.75, 3.05) is 19.7 Å². The largest absolute Gasteiger partial charge is 0.481 e. The highest BCUT2D eigenvalue weighted by Gasteiger charge is 2.78. The number of aliphatic hydroxyl groups is 1. The van der Waals surface area contributed by atoms with E-state index >= 15 is 0 Å². The highest BCUT2D eigenvalue weighted by Crippen LogP contribution is 2.71. The Hall–Kier alpha value is -2.32. The third-order valence-corrected chi connectivity index (χ3v) is 10.1. The number of carbonyl (C=O) groups excluding carboxylic acids is 2. The number of carboxylic acid groups (broad SMARTS) is 1. The average molecular weight is 501 g/mol. The number of likely N-dealkylation sites (tertiary alicyclic amines) is 1. The second-order valence-corrected chi connectivity index (χ2v) is 12.2. The van der Waals surface area contributed by atoms with Crippen molar-refractivity contribution in [1.29, 1.82) is 0 Å². The topological polar surface area (TPSA) is 98.2 Å². The fourth-order valence-corrected chi connectivity index (χ4v) is 8.85. The van der Waals surface area contributed by atoms with E-state index in [4.69, 9.17) is 0 Å². The Kier molecular flexibility index (Phi) is 7.34. The summed E-state index contributed by atoms with van der Waals surface area (Å²) in [6, 6.07) is 8.16. The van der Waals surface area contributed by atoms with Crippen molar-refractivity contribution in [2.45, 2.75) is 67.5 Å². The molecule has 3 heterocycles. The molecule has 4 rings (SSSR count). The fraction of sp³-hybridized carbons (Fsp3) is 0.593. The van der Waals surface area contributed by atoms with Crippen LogP contribution >= 0.6 is 11.8 Å². The number of benzene rings is 1. The number of unbranched alkanes of at least 4 members (excludes halogenated alkanes) is 1. The van der Waals surface area contributed by atoms with Gasteiger partial charge in [-0.3, -0.25) is 14.4 Å². The minimum Gasteiger partial charge on any atom is -0.481 e. The summed E-state index contributed by atoms with van der Waals surface area (Å²) in [5.74, 6) is -3.09. The molecule has 0 radical (unpaired) electrons. The first-order valence-electron chi connectivity index (χ1n) is 12.5. The Morgan fingerprint density at radius 2 is 2.03 bits per heavy atom. The molecule has 2 unspecified atom stereocenters. The lowest BCUT2D eigenvalue weighted by Crippen LogP contribution is -2.58. The van der Waals surface area contributed by atoms with Gasteiger partial charge in [0, 0.05) is 17.8 Å². The van der Waals surface area contributed by atoms with Crippen molar-refractivity contribution in [3.8, 4) is 0 Å². The third-order valence-electron chi connectivity index (χ3n) is 8.08. The van der Waals surface area contributed by atoms with Crippen LogP contribution in [-0.4, -0.2) is 79.1 Å². The number of rotatable bonds is 11. The van der Waals surface area contributed by atoms with Crippen molar-refractivity contribution < 1.29 is 24.6 Å². The van der Waals surface area contributed by atoms with E-state index in [1.54, 1.807) is 15.9 Å². The van der Waals surface area contributed by atoms with E-state index in [9.17, 15) is 24.6 Å². The lowest BCUT2D eigenvalue weighted by molar-refractivity contribution is -0.151. The summed E-state index contributed by atoms with van der Waals surface area (Å²) in [4.78, 5) is 44.0. The number of aliphatic carboxylic acids is 1. The van der Waals surface area contributed by atoms with Crippen molar-refractivity contribution in [2.24, 2.45) is 11.8 Å². The molecule has 3 aliphatic rings. The third kappa shape index (κ3) is 4.18. The van der Waals surface area contributed by atoms with Crippen LogP contribution in [0.5, 0.6) is 0 Å². The van der Waals surface area contributed by atoms with Crippen LogP contribution in [0.2, 0.25) is 0 Å². The summed E-state index contributed by atoms with van der Waals surface area (Å²) >= 11 is 1.53. The molecule has 0 aliphatic carbocycles. The van der Waals surface area contributed by atoms with E-state index in [0.29, 0.717) is 32.4 Å². The minimum atomic E-state index is -0.981. The Labute approximate surface area is 211 Å². The Morgan fingerprint density at radius 3 is 2.63 bits per heavy atom. The number of thioether (sulfide) groups is 1. The molecule has 3 aliphatic heterocycles. The van der Waals surface area contributed by atoms with Gasteiger partial charge in [0.1, 0.15) is 6.04 Å². The van der Waals surface area contributed by atoms with Gasteiger partial charge >= 0.3 is 5.97 Å². The molecule has 2 amide bonds. The van der Waals surface area contributed by atoms with Crippen LogP contribution in [0.25, 0.3) is 0 Å². The van der Waals surface area contributed by atoms with Gasteiger partial charge in [-0.15, -0.1) is 18.3 Å². The van der Waals surface area contributed by atoms with Gasteiger partial charge in [-0.1, -0.05) is 49.8 Å². The molecule has 8 heteroatoms. The summed E-state index contributed by atoms with van der Waals surface area (Å²) in [6.45, 7) is 8.42. The van der Waals surface area contributed by atoms with Crippen molar-refractivity contribution in [3.05, 3.63) is 48.6 Å². The summed E-state index contributed by atoms with van der Waals surface area (Å²) in [5.41, 5.74) is 0.952. The number of hydrogen-bond acceptors (Lipinski definition) is 5. The lowest BCUT2D eigenvalue weighted by atomic mass is 9.66. The summed E-state index contributed by atoms with van der Waals surface area (Å²) in [6.07, 6.45) is 5.09. The molecule has 35 heavy (non-hydrogen) atoms. The maximum atomic E-state index is 14.2. The van der Waals surface area contributed by atoms with Gasteiger partial charge < -0.3 is 20.0 Å². The van der Waals surface area contributed by atoms with Crippen LogP contribution in [0.1, 0.15) is 45.1 Å². The number of fused-ring (bicyclic) bond motifs is 1. The van der Waals surface area contributed by atoms with Crippen LogP contribution < -0.4 is 0 Å². The van der Waals surface area contributed by atoms with Gasteiger partial charge in [-0.25, -0.2) is 0 Å². The molecule has 3 saturated heterocycles. The number of hydrogen-bond donors (Lipinski definition) is 2. The minimum absolute atomic E-state index is 0.163. The van der Waals surface area contributed by atoms with E-state index in [2.05, 4.69) is 13.5 Å². The normalized spacial score (nSPS) is 31.9. The molecule has 2 N–H and O–H groups in total. The summed E-state index contributed by atoms with van der Waals surface area (Å²) in [5, 5.41) is 20.6. The maximum absolute atomic E-state index is 14.2. The number of carboxylic acids is 1. The lowest BCUT2D eigenvalue weighted by Gasteiger charge is -2.39. The van der Waals surface area contributed by atoms with Gasteiger partial charge in [-0.05, 0) is 38.2 Å². The SMILES string of the molecule is C=CCN(CCCC)C(=O)C1N([C@@H](CO)Cc2ccccc2)C(=O)[C@@H]2[C@H](C(=O)O)[C@]3(C)CCC12S3. The van der Waals surface area contributed by atoms with Crippen LogP contribution in [-0.2, 0) is 20.8 Å². The summed E-state index contributed by atoms with van der Waals surface area (Å²) < 4.78 is -1.39. The smallest absolute Gasteiger partial charge is 0.308 e. The maximum Gasteiger partial charge on any atom is 0.308 e. The van der Waals surface area contributed by atoms with Crippen LogP contribution in [0, 0.1) is 11.8 Å². The predicted molar refractivity (Wildman–Crippen MR) is 136 cm³/mol. The molecule has 2 bridgehead atoms. The molecular weight excluding hydrogens is 464 g/mol. The fourth-order valence-electron chi connectivity index (χ4n) is 6.52. The Bertz CT molecular complexity index is 987. The van der Waals surface area contributed by atoms with Crippen LogP contribution in [0.4, 0.5) is 0 Å². The highest BCUT2D eigenvalue weighted by atomic mass is 32.2. The number of amides is 2. The molecule has 0 aromatic heterocycles. The highest BCUT2D eigenvalue weighted by molar-refractivity contribution is 8.02. The van der Waals surface area contributed by atoms with Crippen molar-refractivity contribution >= 4 is 29.5 Å². The average Bonchev–Trinajstić information content (AvgIpc) is 3.41. The van der Waals surface area contributed by atoms with E-state index in [1.165, 1.54) is 11.8 Å². The Balaban J connectivity index is 1.79. The van der Waals surface area contributed by atoms with Gasteiger partial charge in [-0.2, -0.15) is 0 Å². The molecule has 190 valence electrons. The standard InChI is InChI=1S/C27H36N2O5S/c1-4-6-15-28(14-5-2)24(32)22-27-13-12-26(3,35-27)21(25(33)34)20(27)23(31)29(22)19(17-30)16-18-10-8-7-9-11-18/h5,7-11,19-22,30H,2,4,6,12-17H2,1,3H3,(H,33,34)/t19-,20+,21-,22?,26+,27?/m1/s1. The van der Waals surface area contributed by atoms with E-state index < -0.39 is 39.4 Å². The zero-order valence-electron chi connectivity index (χ0n) is 20.6. The van der Waals surface area contributed by atoms with Crippen LogP contribution in [0.15, 0.2) is 43.0 Å². The van der Waals surface area contributed by atoms with Gasteiger partial charge in [0.15, 0.2) is 0 Å². The number of carbonyl (C=O) groups is 3. The second kappa shape index (κ2) is 9.97. The molecule has 0 saturated carbocycles. The first-order chi connectivity index (χ1) is 16.7. The molecule has 6 atom stereocenters. The molecule has 1 spiro atoms. The van der Waals surface area contributed by atoms with Crippen molar-refractivity contribution in [3.63, 3.8) is 0 Å². The number of nitrogens with zero attached hydrogens (tertiary/aromatic N) is 2. The van der Waals surface area contributed by atoms with E-state index in [1.807, 2.05) is 37.3 Å². The first-order valence-corrected chi connectivity index (χ1v) is 13.3. The van der Waals surface area contributed by atoms with Crippen LogP contribution in [0.3, 0.4) is 0 Å². The molecule has 3 fully saturated rings. The van der Waals surface area contributed by atoms with Gasteiger partial charge in [0.25, 0.3) is 0 Å². The van der Waals surface area contributed by atoms with Crippen molar-refractivity contribution in [1.82, 2.24) is 9.80 Å². The molecule has 1 aromatic carbocycles.